The molecular formula is C10H15ClO. The van der Waals surface area contributed by atoms with Crippen molar-refractivity contribution < 1.29 is 4.79 Å². The highest BCUT2D eigenvalue weighted by Gasteiger charge is 2.43. The molecule has 0 aromatic carbocycles. The maximum atomic E-state index is 11.4. The fourth-order valence-electron chi connectivity index (χ4n) is 1.96. The summed E-state index contributed by atoms with van der Waals surface area (Å²) in [6.45, 7) is 4.20. The SMILES string of the molecule is CC[C@H]1C[C@](C)(C(=O)C=CCl)C1. The van der Waals surface area contributed by atoms with E-state index in [0.717, 1.165) is 18.8 Å². The predicted octanol–water partition coefficient (Wildman–Crippen LogP) is 3.13. The third kappa shape index (κ3) is 1.71. The van der Waals surface area contributed by atoms with Crippen LogP contribution in [0.15, 0.2) is 11.6 Å². The fraction of sp³-hybridized carbons (Fsp3) is 0.700. The summed E-state index contributed by atoms with van der Waals surface area (Å²) < 4.78 is 0. The van der Waals surface area contributed by atoms with E-state index in [9.17, 15) is 4.79 Å². The van der Waals surface area contributed by atoms with E-state index in [-0.39, 0.29) is 11.2 Å². The number of hydrogen-bond acceptors (Lipinski definition) is 1. The van der Waals surface area contributed by atoms with Gasteiger partial charge in [-0.3, -0.25) is 4.79 Å². The molecular weight excluding hydrogens is 172 g/mol. The summed E-state index contributed by atoms with van der Waals surface area (Å²) in [7, 11) is 0. The lowest BCUT2D eigenvalue weighted by Gasteiger charge is -2.43. The van der Waals surface area contributed by atoms with Crippen molar-refractivity contribution in [2.75, 3.05) is 0 Å². The van der Waals surface area contributed by atoms with Gasteiger partial charge in [0.1, 0.15) is 0 Å². The zero-order valence-corrected chi connectivity index (χ0v) is 8.40. The van der Waals surface area contributed by atoms with Crippen LogP contribution in [0, 0.1) is 11.3 Å². The standard InChI is InChI=1S/C10H15ClO/c1-3-8-6-10(2,7-8)9(12)4-5-11/h4-5,8H,3,6-7H2,1-2H3/t8-,10-. The maximum absolute atomic E-state index is 11.4. The van der Waals surface area contributed by atoms with Crippen molar-refractivity contribution in [3.05, 3.63) is 11.6 Å². The van der Waals surface area contributed by atoms with Gasteiger partial charge in [0.2, 0.25) is 0 Å². The summed E-state index contributed by atoms with van der Waals surface area (Å²) >= 11 is 5.35. The molecule has 2 heteroatoms. The topological polar surface area (TPSA) is 17.1 Å². The molecule has 12 heavy (non-hydrogen) atoms. The van der Waals surface area contributed by atoms with Crippen molar-refractivity contribution in [3.8, 4) is 0 Å². The van der Waals surface area contributed by atoms with Crippen LogP contribution in [0.1, 0.15) is 33.1 Å². The highest BCUT2D eigenvalue weighted by Crippen LogP contribution is 2.47. The zero-order valence-electron chi connectivity index (χ0n) is 7.64. The second-order valence-electron chi connectivity index (χ2n) is 3.90. The highest BCUT2D eigenvalue weighted by molar-refractivity contribution is 6.27. The Morgan fingerprint density at radius 3 is 2.67 bits per heavy atom. The van der Waals surface area contributed by atoms with E-state index < -0.39 is 0 Å². The monoisotopic (exact) mass is 186 g/mol. The molecule has 0 heterocycles. The van der Waals surface area contributed by atoms with Gasteiger partial charge in [-0.1, -0.05) is 31.9 Å². The number of allylic oxidation sites excluding steroid dienone is 1. The summed E-state index contributed by atoms with van der Waals surface area (Å²) in [6, 6.07) is 0. The van der Waals surface area contributed by atoms with Crippen molar-refractivity contribution in [2.45, 2.75) is 33.1 Å². The molecule has 68 valence electrons. The number of hydrogen-bond donors (Lipinski definition) is 0. The fourth-order valence-corrected chi connectivity index (χ4v) is 2.08. The molecule has 1 nitrogen and oxygen atoms in total. The molecule has 0 atom stereocenters. The Hall–Kier alpha value is -0.300. The molecule has 1 aliphatic carbocycles. The van der Waals surface area contributed by atoms with Gasteiger partial charge in [0.05, 0.1) is 0 Å². The second kappa shape index (κ2) is 3.61. The van der Waals surface area contributed by atoms with Crippen LogP contribution >= 0.6 is 11.6 Å². The van der Waals surface area contributed by atoms with Crippen molar-refractivity contribution in [1.82, 2.24) is 0 Å². The van der Waals surface area contributed by atoms with Gasteiger partial charge in [-0.2, -0.15) is 0 Å². The van der Waals surface area contributed by atoms with E-state index in [2.05, 4.69) is 6.92 Å². The lowest BCUT2D eigenvalue weighted by atomic mass is 9.60. The molecule has 0 aliphatic heterocycles. The molecule has 0 spiro atoms. The van der Waals surface area contributed by atoms with Gasteiger partial charge < -0.3 is 0 Å². The van der Waals surface area contributed by atoms with Crippen molar-refractivity contribution >= 4 is 17.4 Å². The van der Waals surface area contributed by atoms with E-state index in [4.69, 9.17) is 11.6 Å². The van der Waals surface area contributed by atoms with Gasteiger partial charge >= 0.3 is 0 Å². The predicted molar refractivity (Wildman–Crippen MR) is 51.1 cm³/mol. The molecule has 0 bridgehead atoms. The third-order valence-electron chi connectivity index (χ3n) is 2.86. The van der Waals surface area contributed by atoms with Gasteiger partial charge in [-0.05, 0) is 24.8 Å². The molecule has 0 amide bonds. The first kappa shape index (κ1) is 9.79. The minimum Gasteiger partial charge on any atom is -0.294 e. The Morgan fingerprint density at radius 1 is 1.67 bits per heavy atom. The molecule has 0 N–H and O–H groups in total. The Balaban J connectivity index is 2.49. The highest BCUT2D eigenvalue weighted by atomic mass is 35.5. The number of ketones is 1. The zero-order chi connectivity index (χ0) is 9.19. The van der Waals surface area contributed by atoms with E-state index >= 15 is 0 Å². The number of halogens is 1. The summed E-state index contributed by atoms with van der Waals surface area (Å²) in [5, 5.41) is 0. The lowest BCUT2D eigenvalue weighted by molar-refractivity contribution is -0.130. The summed E-state index contributed by atoms with van der Waals surface area (Å²) in [5.41, 5.74) is 1.21. The summed E-state index contributed by atoms with van der Waals surface area (Å²) in [4.78, 5) is 11.4. The van der Waals surface area contributed by atoms with Gasteiger partial charge in [0.15, 0.2) is 5.78 Å². The van der Waals surface area contributed by atoms with Crippen LogP contribution in [0.5, 0.6) is 0 Å². The Morgan fingerprint density at radius 2 is 2.25 bits per heavy atom. The first-order valence-corrected chi connectivity index (χ1v) is 4.87. The van der Waals surface area contributed by atoms with Crippen LogP contribution in [-0.4, -0.2) is 5.78 Å². The van der Waals surface area contributed by atoms with Crippen LogP contribution < -0.4 is 0 Å². The number of carbonyl (C=O) groups excluding carboxylic acids is 1. The minimum absolute atomic E-state index is 0.105. The van der Waals surface area contributed by atoms with Crippen LogP contribution in [0.2, 0.25) is 0 Å². The van der Waals surface area contributed by atoms with Gasteiger partial charge in [-0.15, -0.1) is 0 Å². The average Bonchev–Trinajstić information content (AvgIpc) is 1.99. The molecule has 1 saturated carbocycles. The normalized spacial score (nSPS) is 35.1. The molecule has 1 aliphatic rings. The minimum atomic E-state index is -0.105. The average molecular weight is 187 g/mol. The van der Waals surface area contributed by atoms with E-state index in [1.54, 1.807) is 0 Å². The Labute approximate surface area is 78.8 Å². The van der Waals surface area contributed by atoms with E-state index in [0.29, 0.717) is 0 Å². The van der Waals surface area contributed by atoms with Crippen LogP contribution in [-0.2, 0) is 4.79 Å². The summed E-state index contributed by atoms with van der Waals surface area (Å²) in [5.74, 6) is 0.935. The molecule has 1 rings (SSSR count). The maximum Gasteiger partial charge on any atom is 0.162 e. The van der Waals surface area contributed by atoms with Gasteiger partial charge in [-0.25, -0.2) is 0 Å². The van der Waals surface area contributed by atoms with Crippen LogP contribution in [0.3, 0.4) is 0 Å². The number of rotatable bonds is 3. The molecule has 1 fully saturated rings. The Kier molecular flexibility index (Phi) is 2.94. The van der Waals surface area contributed by atoms with E-state index in [1.165, 1.54) is 18.0 Å². The van der Waals surface area contributed by atoms with Crippen LogP contribution in [0.4, 0.5) is 0 Å². The summed E-state index contributed by atoms with van der Waals surface area (Å²) in [6.07, 6.45) is 4.73. The second-order valence-corrected chi connectivity index (χ2v) is 4.15. The Bertz CT molecular complexity index is 202. The molecule has 0 unspecified atom stereocenters. The van der Waals surface area contributed by atoms with Gasteiger partial charge in [0.25, 0.3) is 0 Å². The van der Waals surface area contributed by atoms with Gasteiger partial charge in [0, 0.05) is 11.0 Å². The molecule has 0 aromatic heterocycles. The molecule has 0 aromatic rings. The van der Waals surface area contributed by atoms with E-state index in [1.807, 2.05) is 6.92 Å². The van der Waals surface area contributed by atoms with Crippen LogP contribution in [0.25, 0.3) is 0 Å². The molecule has 0 saturated heterocycles. The van der Waals surface area contributed by atoms with Crippen molar-refractivity contribution in [2.24, 2.45) is 11.3 Å². The quantitative estimate of drug-likeness (QED) is 0.619. The first-order chi connectivity index (χ1) is 5.62. The van der Waals surface area contributed by atoms with Crippen molar-refractivity contribution in [3.63, 3.8) is 0 Å². The number of carbonyl (C=O) groups is 1. The largest absolute Gasteiger partial charge is 0.294 e. The van der Waals surface area contributed by atoms with Crippen molar-refractivity contribution in [1.29, 1.82) is 0 Å². The first-order valence-electron chi connectivity index (χ1n) is 4.43. The smallest absolute Gasteiger partial charge is 0.162 e. The lowest BCUT2D eigenvalue weighted by Crippen LogP contribution is -2.40. The third-order valence-corrected chi connectivity index (χ3v) is 2.99. The molecule has 0 radical (unpaired) electrons.